The first-order valence-electron chi connectivity index (χ1n) is 11.3. The number of nitrogens with zero attached hydrogens (tertiary/aromatic N) is 3. The molecule has 0 unspecified atom stereocenters. The summed E-state index contributed by atoms with van der Waals surface area (Å²) in [5.41, 5.74) is 7.44. The topological polar surface area (TPSA) is 69.9 Å². The fourth-order valence-corrected chi connectivity index (χ4v) is 5.14. The van der Waals surface area contributed by atoms with Crippen molar-refractivity contribution < 1.29 is 9.59 Å². The van der Waals surface area contributed by atoms with Gasteiger partial charge in [0.15, 0.2) is 0 Å². The van der Waals surface area contributed by atoms with Crippen molar-refractivity contribution in [3.05, 3.63) is 35.4 Å². The highest BCUT2D eigenvalue weighted by Gasteiger charge is 2.34. The molecule has 6 heteroatoms. The van der Waals surface area contributed by atoms with Gasteiger partial charge in [0.05, 0.1) is 5.92 Å². The lowest BCUT2D eigenvalue weighted by Crippen LogP contribution is -2.51. The van der Waals surface area contributed by atoms with Crippen molar-refractivity contribution in [1.29, 1.82) is 0 Å². The molecule has 0 saturated carbocycles. The van der Waals surface area contributed by atoms with Crippen LogP contribution in [-0.4, -0.2) is 71.8 Å². The number of rotatable bonds is 4. The van der Waals surface area contributed by atoms with E-state index in [-0.39, 0.29) is 11.8 Å². The molecule has 1 atom stereocenters. The average molecular weight is 399 g/mol. The van der Waals surface area contributed by atoms with Gasteiger partial charge in [-0.3, -0.25) is 14.5 Å². The van der Waals surface area contributed by atoms with Gasteiger partial charge in [0.25, 0.3) is 5.91 Å². The van der Waals surface area contributed by atoms with Crippen LogP contribution in [0.2, 0.25) is 0 Å². The van der Waals surface area contributed by atoms with E-state index in [1.807, 2.05) is 29.2 Å². The first kappa shape index (κ1) is 20.4. The lowest BCUT2D eigenvalue weighted by Gasteiger charge is -2.42. The van der Waals surface area contributed by atoms with Crippen LogP contribution in [0.15, 0.2) is 24.3 Å². The Labute approximate surface area is 174 Å². The van der Waals surface area contributed by atoms with Crippen LogP contribution in [0.1, 0.15) is 54.4 Å². The van der Waals surface area contributed by atoms with Crippen molar-refractivity contribution in [1.82, 2.24) is 14.7 Å². The minimum atomic E-state index is 0.118. The van der Waals surface area contributed by atoms with E-state index in [4.69, 9.17) is 5.73 Å². The second-order valence-corrected chi connectivity index (χ2v) is 8.79. The highest BCUT2D eigenvalue weighted by molar-refractivity contribution is 5.94. The Morgan fingerprint density at radius 2 is 1.55 bits per heavy atom. The van der Waals surface area contributed by atoms with Crippen LogP contribution in [0.5, 0.6) is 0 Å². The van der Waals surface area contributed by atoms with Gasteiger partial charge in [0, 0.05) is 50.9 Å². The molecule has 6 nitrogen and oxygen atoms in total. The Morgan fingerprint density at radius 1 is 0.862 bits per heavy atom. The summed E-state index contributed by atoms with van der Waals surface area (Å²) in [5.74, 6) is 0.663. The number of amides is 2. The molecule has 29 heavy (non-hydrogen) atoms. The monoisotopic (exact) mass is 398 g/mol. The lowest BCUT2D eigenvalue weighted by atomic mass is 9.92. The molecular formula is C23H34N4O2. The average Bonchev–Trinajstić information content (AvgIpc) is 3.33. The molecule has 0 radical (unpaired) electrons. The maximum absolute atomic E-state index is 12.8. The predicted octanol–water partition coefficient (Wildman–Crippen LogP) is 2.08. The summed E-state index contributed by atoms with van der Waals surface area (Å²) in [4.78, 5) is 32.2. The Kier molecular flexibility index (Phi) is 6.50. The summed E-state index contributed by atoms with van der Waals surface area (Å²) < 4.78 is 0. The molecule has 0 spiro atoms. The Morgan fingerprint density at radius 3 is 2.21 bits per heavy atom. The molecule has 3 saturated heterocycles. The molecule has 158 valence electrons. The zero-order chi connectivity index (χ0) is 20.2. The van der Waals surface area contributed by atoms with Crippen LogP contribution in [0.25, 0.3) is 0 Å². The SMILES string of the molecule is NCc1ccc(C(=O)N2CCC(N3CCC[C@@H](C(=O)N4CCCC4)C3)CC2)cc1. The largest absolute Gasteiger partial charge is 0.342 e. The van der Waals surface area contributed by atoms with Gasteiger partial charge in [-0.25, -0.2) is 0 Å². The highest BCUT2D eigenvalue weighted by Crippen LogP contribution is 2.26. The third-order valence-electron chi connectivity index (χ3n) is 6.92. The fourth-order valence-electron chi connectivity index (χ4n) is 5.14. The first-order chi connectivity index (χ1) is 14.2. The summed E-state index contributed by atoms with van der Waals surface area (Å²) in [6, 6.07) is 8.13. The minimum absolute atomic E-state index is 0.118. The van der Waals surface area contributed by atoms with E-state index < -0.39 is 0 Å². The van der Waals surface area contributed by atoms with Crippen molar-refractivity contribution in [2.45, 2.75) is 51.1 Å². The van der Waals surface area contributed by atoms with Crippen molar-refractivity contribution >= 4 is 11.8 Å². The van der Waals surface area contributed by atoms with E-state index in [9.17, 15) is 9.59 Å². The van der Waals surface area contributed by atoms with E-state index in [0.29, 0.717) is 18.5 Å². The summed E-state index contributed by atoms with van der Waals surface area (Å²) >= 11 is 0. The molecule has 2 amide bonds. The van der Waals surface area contributed by atoms with Gasteiger partial charge in [-0.2, -0.15) is 0 Å². The van der Waals surface area contributed by atoms with Crippen molar-refractivity contribution in [3.63, 3.8) is 0 Å². The maximum atomic E-state index is 12.8. The zero-order valence-corrected chi connectivity index (χ0v) is 17.4. The normalized spacial score (nSPS) is 24.1. The molecule has 0 aliphatic carbocycles. The van der Waals surface area contributed by atoms with Crippen molar-refractivity contribution in [2.75, 3.05) is 39.3 Å². The number of likely N-dealkylation sites (tertiary alicyclic amines) is 3. The number of hydrogen-bond acceptors (Lipinski definition) is 4. The summed E-state index contributed by atoms with van der Waals surface area (Å²) in [6.45, 7) is 5.96. The van der Waals surface area contributed by atoms with Gasteiger partial charge in [-0.1, -0.05) is 12.1 Å². The summed E-state index contributed by atoms with van der Waals surface area (Å²) in [5, 5.41) is 0. The van der Waals surface area contributed by atoms with Crippen LogP contribution < -0.4 is 5.73 Å². The van der Waals surface area contributed by atoms with Crippen LogP contribution in [0, 0.1) is 5.92 Å². The number of hydrogen-bond donors (Lipinski definition) is 1. The molecule has 3 heterocycles. The second-order valence-electron chi connectivity index (χ2n) is 8.79. The third kappa shape index (κ3) is 4.64. The standard InChI is InChI=1S/C23H34N4O2/c24-16-18-5-7-19(8-6-18)22(28)26-14-9-21(10-15-26)27-13-3-4-20(17-27)23(29)25-11-1-2-12-25/h5-8,20-21H,1-4,9-17,24H2/t20-/m1/s1. The van der Waals surface area contributed by atoms with Gasteiger partial charge >= 0.3 is 0 Å². The van der Waals surface area contributed by atoms with E-state index in [1.165, 1.54) is 0 Å². The molecule has 0 aromatic heterocycles. The number of piperidine rings is 2. The van der Waals surface area contributed by atoms with Gasteiger partial charge in [0.2, 0.25) is 5.91 Å². The molecule has 1 aromatic carbocycles. The number of carbonyl (C=O) groups is 2. The fraction of sp³-hybridized carbons (Fsp3) is 0.652. The highest BCUT2D eigenvalue weighted by atomic mass is 16.2. The second kappa shape index (κ2) is 9.26. The van der Waals surface area contributed by atoms with Gasteiger partial charge in [0.1, 0.15) is 0 Å². The molecular weight excluding hydrogens is 364 g/mol. The Bertz CT molecular complexity index is 706. The Balaban J connectivity index is 1.29. The maximum Gasteiger partial charge on any atom is 0.253 e. The first-order valence-corrected chi connectivity index (χ1v) is 11.3. The number of carbonyl (C=O) groups excluding carboxylic acids is 2. The number of benzene rings is 1. The quantitative estimate of drug-likeness (QED) is 0.843. The minimum Gasteiger partial charge on any atom is -0.342 e. The zero-order valence-electron chi connectivity index (χ0n) is 17.4. The van der Waals surface area contributed by atoms with Crippen LogP contribution in [0.3, 0.4) is 0 Å². The molecule has 0 bridgehead atoms. The third-order valence-corrected chi connectivity index (χ3v) is 6.92. The van der Waals surface area contributed by atoms with Crippen LogP contribution in [-0.2, 0) is 11.3 Å². The van der Waals surface area contributed by atoms with E-state index >= 15 is 0 Å². The Hall–Kier alpha value is -1.92. The van der Waals surface area contributed by atoms with Crippen LogP contribution in [0.4, 0.5) is 0 Å². The van der Waals surface area contributed by atoms with E-state index in [0.717, 1.165) is 88.9 Å². The summed E-state index contributed by atoms with van der Waals surface area (Å²) in [7, 11) is 0. The lowest BCUT2D eigenvalue weighted by molar-refractivity contribution is -0.136. The van der Waals surface area contributed by atoms with Gasteiger partial charge < -0.3 is 15.5 Å². The van der Waals surface area contributed by atoms with Gasteiger partial charge in [-0.05, 0) is 62.8 Å². The molecule has 3 fully saturated rings. The molecule has 3 aliphatic heterocycles. The smallest absolute Gasteiger partial charge is 0.253 e. The van der Waals surface area contributed by atoms with Crippen LogP contribution >= 0.6 is 0 Å². The molecule has 2 N–H and O–H groups in total. The van der Waals surface area contributed by atoms with E-state index in [1.54, 1.807) is 0 Å². The van der Waals surface area contributed by atoms with Crippen molar-refractivity contribution in [3.8, 4) is 0 Å². The van der Waals surface area contributed by atoms with Crippen molar-refractivity contribution in [2.24, 2.45) is 11.7 Å². The molecule has 4 rings (SSSR count). The summed E-state index contributed by atoms with van der Waals surface area (Å²) in [6.07, 6.45) is 6.45. The molecule has 1 aromatic rings. The van der Waals surface area contributed by atoms with E-state index in [2.05, 4.69) is 9.80 Å². The molecule has 3 aliphatic rings. The number of nitrogens with two attached hydrogens (primary N) is 1. The predicted molar refractivity (Wildman–Crippen MR) is 113 cm³/mol. The van der Waals surface area contributed by atoms with Gasteiger partial charge in [-0.15, -0.1) is 0 Å².